The van der Waals surface area contributed by atoms with E-state index >= 15 is 0 Å². The Bertz CT molecular complexity index is 504. The number of hydrogen-bond donors (Lipinski definition) is 1. The summed E-state index contributed by atoms with van der Waals surface area (Å²) in [6.45, 7) is 2.34. The number of rotatable bonds is 2. The van der Waals surface area contributed by atoms with E-state index in [4.69, 9.17) is 0 Å². The lowest BCUT2D eigenvalue weighted by Gasteiger charge is -2.38. The van der Waals surface area contributed by atoms with Crippen LogP contribution in [0.2, 0.25) is 0 Å². The van der Waals surface area contributed by atoms with Crippen molar-refractivity contribution >= 4 is 11.8 Å². The van der Waals surface area contributed by atoms with Crippen molar-refractivity contribution in [3.63, 3.8) is 0 Å². The summed E-state index contributed by atoms with van der Waals surface area (Å²) in [5, 5.41) is 2.92. The van der Waals surface area contributed by atoms with Gasteiger partial charge in [-0.05, 0) is 23.8 Å². The van der Waals surface area contributed by atoms with E-state index in [1.165, 1.54) is 0 Å². The van der Waals surface area contributed by atoms with Crippen LogP contribution < -0.4 is 5.32 Å². The molecule has 2 heterocycles. The third kappa shape index (κ3) is 2.69. The highest BCUT2D eigenvalue weighted by atomic mass is 16.2. The second-order valence-corrected chi connectivity index (χ2v) is 6.00. The van der Waals surface area contributed by atoms with Gasteiger partial charge in [-0.3, -0.25) is 9.59 Å². The number of nitrogens with zero attached hydrogens (tertiary/aromatic N) is 1. The van der Waals surface area contributed by atoms with E-state index in [1.54, 1.807) is 0 Å². The van der Waals surface area contributed by atoms with Gasteiger partial charge in [0.25, 0.3) is 0 Å². The molecular formula is C16H20N2O2. The number of nitrogens with one attached hydrogen (secondary N) is 1. The topological polar surface area (TPSA) is 49.4 Å². The molecule has 0 bridgehead atoms. The minimum absolute atomic E-state index is 0.112. The van der Waals surface area contributed by atoms with Crippen LogP contribution >= 0.6 is 0 Å². The summed E-state index contributed by atoms with van der Waals surface area (Å²) in [5.74, 6) is 0.359. The zero-order chi connectivity index (χ0) is 14.0. The summed E-state index contributed by atoms with van der Waals surface area (Å²) in [6.07, 6.45) is 2.98. The lowest BCUT2D eigenvalue weighted by Crippen LogP contribution is -2.44. The average Bonchev–Trinajstić information content (AvgIpc) is 2.81. The SMILES string of the molecule is O=C1CC2(CCN(C(=O)Cc3ccccc3)CC2)CN1. The molecule has 0 saturated carbocycles. The number of hydrogen-bond acceptors (Lipinski definition) is 2. The summed E-state index contributed by atoms with van der Waals surface area (Å²) in [6, 6.07) is 9.86. The molecule has 1 spiro atoms. The van der Waals surface area contributed by atoms with Gasteiger partial charge in [0, 0.05) is 26.1 Å². The van der Waals surface area contributed by atoms with Gasteiger partial charge in [0.1, 0.15) is 0 Å². The van der Waals surface area contributed by atoms with Gasteiger partial charge >= 0.3 is 0 Å². The number of piperidine rings is 1. The zero-order valence-corrected chi connectivity index (χ0v) is 11.6. The molecule has 0 unspecified atom stereocenters. The van der Waals surface area contributed by atoms with E-state index in [-0.39, 0.29) is 17.2 Å². The fourth-order valence-corrected chi connectivity index (χ4v) is 3.22. The normalized spacial score (nSPS) is 21.0. The van der Waals surface area contributed by atoms with Crippen LogP contribution in [0.1, 0.15) is 24.8 Å². The Morgan fingerprint density at radius 3 is 2.50 bits per heavy atom. The molecule has 3 rings (SSSR count). The van der Waals surface area contributed by atoms with Crippen molar-refractivity contribution in [3.8, 4) is 0 Å². The Morgan fingerprint density at radius 2 is 1.90 bits per heavy atom. The van der Waals surface area contributed by atoms with Crippen molar-refractivity contribution in [2.24, 2.45) is 5.41 Å². The molecule has 0 atom stereocenters. The van der Waals surface area contributed by atoms with Crippen LogP contribution in [0.15, 0.2) is 30.3 Å². The molecule has 2 amide bonds. The highest BCUT2D eigenvalue weighted by Crippen LogP contribution is 2.37. The van der Waals surface area contributed by atoms with Crippen LogP contribution in [0.5, 0.6) is 0 Å². The zero-order valence-electron chi connectivity index (χ0n) is 11.6. The highest BCUT2D eigenvalue weighted by Gasteiger charge is 2.41. The molecule has 2 saturated heterocycles. The van der Waals surface area contributed by atoms with Crippen molar-refractivity contribution in [1.82, 2.24) is 10.2 Å². The first kappa shape index (κ1) is 13.2. The maximum absolute atomic E-state index is 12.3. The van der Waals surface area contributed by atoms with Crippen LogP contribution in [0.25, 0.3) is 0 Å². The molecule has 0 aromatic heterocycles. The minimum atomic E-state index is 0.112. The molecule has 2 aliphatic heterocycles. The Hall–Kier alpha value is -1.84. The number of carbonyl (C=O) groups excluding carboxylic acids is 2. The van der Waals surface area contributed by atoms with E-state index in [2.05, 4.69) is 5.32 Å². The fourth-order valence-electron chi connectivity index (χ4n) is 3.22. The Kier molecular flexibility index (Phi) is 3.47. The van der Waals surface area contributed by atoms with E-state index in [1.807, 2.05) is 35.2 Å². The van der Waals surface area contributed by atoms with Crippen molar-refractivity contribution in [2.45, 2.75) is 25.7 Å². The molecule has 20 heavy (non-hydrogen) atoms. The molecule has 2 aliphatic rings. The summed E-state index contributed by atoms with van der Waals surface area (Å²) in [7, 11) is 0. The van der Waals surface area contributed by atoms with Gasteiger partial charge in [-0.15, -0.1) is 0 Å². The molecule has 1 aromatic carbocycles. The van der Waals surface area contributed by atoms with Crippen LogP contribution in [0.4, 0.5) is 0 Å². The summed E-state index contributed by atoms with van der Waals surface area (Å²) in [4.78, 5) is 25.6. The van der Waals surface area contributed by atoms with Gasteiger partial charge in [-0.2, -0.15) is 0 Å². The molecular weight excluding hydrogens is 252 g/mol. The number of carbonyl (C=O) groups is 2. The predicted octanol–water partition coefficient (Wildman–Crippen LogP) is 1.36. The molecule has 0 radical (unpaired) electrons. The van der Waals surface area contributed by atoms with Gasteiger partial charge < -0.3 is 10.2 Å². The summed E-state index contributed by atoms with van der Waals surface area (Å²) < 4.78 is 0. The van der Waals surface area contributed by atoms with Crippen molar-refractivity contribution in [2.75, 3.05) is 19.6 Å². The van der Waals surface area contributed by atoms with Crippen LogP contribution in [-0.4, -0.2) is 36.3 Å². The number of amides is 2. The van der Waals surface area contributed by atoms with E-state index in [0.717, 1.165) is 38.0 Å². The second-order valence-electron chi connectivity index (χ2n) is 6.00. The van der Waals surface area contributed by atoms with Crippen LogP contribution in [-0.2, 0) is 16.0 Å². The van der Waals surface area contributed by atoms with Gasteiger partial charge in [0.15, 0.2) is 0 Å². The first-order valence-corrected chi connectivity index (χ1v) is 7.25. The lowest BCUT2D eigenvalue weighted by molar-refractivity contribution is -0.132. The molecule has 4 nitrogen and oxygen atoms in total. The van der Waals surface area contributed by atoms with E-state index in [9.17, 15) is 9.59 Å². The maximum atomic E-state index is 12.3. The van der Waals surface area contributed by atoms with E-state index < -0.39 is 0 Å². The molecule has 2 fully saturated rings. The highest BCUT2D eigenvalue weighted by molar-refractivity contribution is 5.80. The third-order valence-corrected chi connectivity index (χ3v) is 4.57. The second kappa shape index (κ2) is 5.27. The first-order chi connectivity index (χ1) is 9.67. The fraction of sp³-hybridized carbons (Fsp3) is 0.500. The van der Waals surface area contributed by atoms with Gasteiger partial charge in [0.05, 0.1) is 6.42 Å². The van der Waals surface area contributed by atoms with Crippen molar-refractivity contribution in [3.05, 3.63) is 35.9 Å². The van der Waals surface area contributed by atoms with Crippen molar-refractivity contribution < 1.29 is 9.59 Å². The van der Waals surface area contributed by atoms with E-state index in [0.29, 0.717) is 12.8 Å². The molecule has 0 aliphatic carbocycles. The predicted molar refractivity (Wildman–Crippen MR) is 76.0 cm³/mol. The minimum Gasteiger partial charge on any atom is -0.356 e. The van der Waals surface area contributed by atoms with Crippen LogP contribution in [0.3, 0.4) is 0 Å². The van der Waals surface area contributed by atoms with Crippen LogP contribution in [0, 0.1) is 5.41 Å². The maximum Gasteiger partial charge on any atom is 0.226 e. The molecule has 1 aromatic rings. The average molecular weight is 272 g/mol. The summed E-state index contributed by atoms with van der Waals surface area (Å²) in [5.41, 5.74) is 1.18. The molecule has 4 heteroatoms. The lowest BCUT2D eigenvalue weighted by atomic mass is 9.77. The largest absolute Gasteiger partial charge is 0.356 e. The van der Waals surface area contributed by atoms with Gasteiger partial charge in [-0.25, -0.2) is 0 Å². The van der Waals surface area contributed by atoms with Crippen molar-refractivity contribution in [1.29, 1.82) is 0 Å². The number of likely N-dealkylation sites (tertiary alicyclic amines) is 1. The summed E-state index contributed by atoms with van der Waals surface area (Å²) >= 11 is 0. The monoisotopic (exact) mass is 272 g/mol. The first-order valence-electron chi connectivity index (χ1n) is 7.25. The Morgan fingerprint density at radius 1 is 1.20 bits per heavy atom. The quantitative estimate of drug-likeness (QED) is 0.883. The standard InChI is InChI=1S/C16H20N2O2/c19-14-11-16(12-17-14)6-8-18(9-7-16)15(20)10-13-4-2-1-3-5-13/h1-5H,6-12H2,(H,17,19). The Balaban J connectivity index is 1.55. The third-order valence-electron chi connectivity index (χ3n) is 4.57. The Labute approximate surface area is 119 Å². The van der Waals surface area contributed by atoms with Gasteiger partial charge in [-0.1, -0.05) is 30.3 Å². The number of benzene rings is 1. The smallest absolute Gasteiger partial charge is 0.226 e. The molecule has 1 N–H and O–H groups in total. The van der Waals surface area contributed by atoms with Gasteiger partial charge in [0.2, 0.25) is 11.8 Å². The molecule has 106 valence electrons.